The number of anilines is 1. The molecule has 0 aromatic heterocycles. The van der Waals surface area contributed by atoms with E-state index in [1.54, 1.807) is 19.2 Å². The summed E-state index contributed by atoms with van der Waals surface area (Å²) in [4.78, 5) is 29.8. The van der Waals surface area contributed by atoms with Gasteiger partial charge in [0.1, 0.15) is 5.75 Å². The molecule has 1 saturated carbocycles. The van der Waals surface area contributed by atoms with Gasteiger partial charge in [-0.2, -0.15) is 5.10 Å². The Morgan fingerprint density at radius 2 is 2.19 bits per heavy atom. The molecule has 0 spiro atoms. The van der Waals surface area contributed by atoms with Crippen LogP contribution in [-0.4, -0.2) is 63.9 Å². The van der Waals surface area contributed by atoms with Gasteiger partial charge < -0.3 is 19.9 Å². The zero-order chi connectivity index (χ0) is 22.0. The fourth-order valence-electron chi connectivity index (χ4n) is 4.56. The first kappa shape index (κ1) is 22.1. The lowest BCUT2D eigenvalue weighted by molar-refractivity contribution is -0.155. The van der Waals surface area contributed by atoms with E-state index >= 15 is 0 Å². The van der Waals surface area contributed by atoms with Crippen LogP contribution in [0.4, 0.5) is 5.69 Å². The minimum atomic E-state index is -0.291. The van der Waals surface area contributed by atoms with Gasteiger partial charge in [-0.25, -0.2) is 0 Å². The Bertz CT molecular complexity index is 869. The molecule has 1 saturated heterocycles. The summed E-state index contributed by atoms with van der Waals surface area (Å²) >= 11 is 7.78. The number of nitrogens with one attached hydrogen (secondary N) is 2. The summed E-state index contributed by atoms with van der Waals surface area (Å²) in [5.74, 6) is 0.707. The number of alkyl halides is 1. The summed E-state index contributed by atoms with van der Waals surface area (Å²) in [7, 11) is 1.57. The van der Waals surface area contributed by atoms with E-state index in [0.29, 0.717) is 24.4 Å². The average Bonchev–Trinajstić information content (AvgIpc) is 3.19. The number of ether oxygens (including phenoxy) is 1. The van der Waals surface area contributed by atoms with Crippen molar-refractivity contribution in [2.75, 3.05) is 24.7 Å². The number of thioether (sulfide) groups is 1. The summed E-state index contributed by atoms with van der Waals surface area (Å²) in [5.41, 5.74) is 3.76. The summed E-state index contributed by atoms with van der Waals surface area (Å²) in [5, 5.41) is 8.16. The number of methoxy groups -OCH3 is 1. The molecule has 4 unspecified atom stereocenters. The second kappa shape index (κ2) is 9.56. The largest absolute Gasteiger partial charge is 0.495 e. The molecule has 4 rings (SSSR count). The normalized spacial score (nSPS) is 27.2. The molecule has 8 nitrogen and oxygen atoms in total. The highest BCUT2D eigenvalue weighted by Crippen LogP contribution is 2.40. The van der Waals surface area contributed by atoms with Crippen LogP contribution in [0.25, 0.3) is 0 Å². The fourth-order valence-corrected chi connectivity index (χ4v) is 5.71. The molecule has 2 heterocycles. The molecule has 2 fully saturated rings. The minimum absolute atomic E-state index is 0.0282. The van der Waals surface area contributed by atoms with Crippen LogP contribution >= 0.6 is 23.4 Å². The standard InChI is InChI=1S/C21H28ClN5O3S/c1-3-10-26-19(29)14-11-13(22)8-9-16(14)27-20(26)24-25-21(27)31-12-18(28)23-15-6-4-5-7-17(15)30-2/h4-7,13-14,16,20,24H,3,8-12H2,1-2H3,(H,23,28). The van der Waals surface area contributed by atoms with E-state index in [4.69, 9.17) is 16.3 Å². The van der Waals surface area contributed by atoms with Crippen molar-refractivity contribution in [3.05, 3.63) is 24.3 Å². The van der Waals surface area contributed by atoms with Crippen LogP contribution in [-0.2, 0) is 9.59 Å². The van der Waals surface area contributed by atoms with Gasteiger partial charge in [0.15, 0.2) is 11.5 Å². The molecule has 4 atom stereocenters. The van der Waals surface area contributed by atoms with Crippen LogP contribution in [0.15, 0.2) is 29.4 Å². The van der Waals surface area contributed by atoms with E-state index in [0.717, 1.165) is 24.4 Å². The van der Waals surface area contributed by atoms with Crippen LogP contribution in [0.3, 0.4) is 0 Å². The maximum absolute atomic E-state index is 13.1. The van der Waals surface area contributed by atoms with Crippen molar-refractivity contribution in [2.24, 2.45) is 11.0 Å². The fraction of sp³-hybridized carbons (Fsp3) is 0.571. The molecule has 0 bridgehead atoms. The number of fused-ring (bicyclic) bond motifs is 3. The summed E-state index contributed by atoms with van der Waals surface area (Å²) in [6.45, 7) is 2.72. The highest BCUT2D eigenvalue weighted by atomic mass is 35.5. The summed E-state index contributed by atoms with van der Waals surface area (Å²) in [6, 6.07) is 7.37. The van der Waals surface area contributed by atoms with Gasteiger partial charge in [0.25, 0.3) is 0 Å². The first-order valence-corrected chi connectivity index (χ1v) is 12.1. The molecule has 2 N–H and O–H groups in total. The van der Waals surface area contributed by atoms with Crippen LogP contribution in [0.2, 0.25) is 0 Å². The average molecular weight is 466 g/mol. The van der Waals surface area contributed by atoms with E-state index in [1.165, 1.54) is 11.8 Å². The van der Waals surface area contributed by atoms with Crippen LogP contribution in [0.5, 0.6) is 5.75 Å². The Hall–Kier alpha value is -2.13. The number of hydrogen-bond donors (Lipinski definition) is 2. The van der Waals surface area contributed by atoms with Crippen molar-refractivity contribution in [1.82, 2.24) is 15.2 Å². The molecule has 1 aliphatic carbocycles. The van der Waals surface area contributed by atoms with Crippen molar-refractivity contribution in [1.29, 1.82) is 0 Å². The lowest BCUT2D eigenvalue weighted by Crippen LogP contribution is -2.67. The number of carbonyl (C=O) groups is 2. The van der Waals surface area contributed by atoms with E-state index < -0.39 is 0 Å². The van der Waals surface area contributed by atoms with E-state index in [1.807, 2.05) is 17.0 Å². The third-order valence-corrected chi connectivity index (χ3v) is 7.30. The van der Waals surface area contributed by atoms with Gasteiger partial charge in [0, 0.05) is 18.0 Å². The number of amidine groups is 1. The van der Waals surface area contributed by atoms with Crippen molar-refractivity contribution in [3.63, 3.8) is 0 Å². The Kier molecular flexibility index (Phi) is 6.81. The number of halogens is 1. The molecule has 10 heteroatoms. The number of rotatable bonds is 6. The maximum Gasteiger partial charge on any atom is 0.234 e. The number of amides is 2. The van der Waals surface area contributed by atoms with Crippen molar-refractivity contribution in [3.8, 4) is 5.75 Å². The smallest absolute Gasteiger partial charge is 0.234 e. The SMILES string of the molecule is CCCN1C(=O)C2CC(Cl)CCC2N2C(SCC(=O)Nc3ccccc3OC)=NNC12. The minimum Gasteiger partial charge on any atom is -0.495 e. The van der Waals surface area contributed by atoms with Gasteiger partial charge in [0.05, 0.1) is 24.5 Å². The Balaban J connectivity index is 1.45. The van der Waals surface area contributed by atoms with Gasteiger partial charge in [-0.1, -0.05) is 30.8 Å². The van der Waals surface area contributed by atoms with Gasteiger partial charge >= 0.3 is 0 Å². The third-order valence-electron chi connectivity index (χ3n) is 5.94. The highest BCUT2D eigenvalue weighted by molar-refractivity contribution is 8.14. The monoisotopic (exact) mass is 465 g/mol. The molecular formula is C21H28ClN5O3S. The lowest BCUT2D eigenvalue weighted by Gasteiger charge is -2.51. The van der Waals surface area contributed by atoms with Crippen LogP contribution < -0.4 is 15.5 Å². The van der Waals surface area contributed by atoms with Crippen molar-refractivity contribution in [2.45, 2.75) is 50.3 Å². The predicted molar refractivity (Wildman–Crippen MR) is 123 cm³/mol. The molecule has 31 heavy (non-hydrogen) atoms. The number of nitrogens with zero attached hydrogens (tertiary/aromatic N) is 3. The second-order valence-electron chi connectivity index (χ2n) is 7.96. The third kappa shape index (κ3) is 4.43. The Morgan fingerprint density at radius 3 is 2.97 bits per heavy atom. The second-order valence-corrected chi connectivity index (χ2v) is 9.52. The first-order valence-electron chi connectivity index (χ1n) is 10.6. The van der Waals surface area contributed by atoms with E-state index in [2.05, 4.69) is 27.7 Å². The molecule has 2 amide bonds. The van der Waals surface area contributed by atoms with E-state index in [9.17, 15) is 9.59 Å². The molecular weight excluding hydrogens is 438 g/mol. The van der Waals surface area contributed by atoms with Crippen molar-refractivity contribution >= 4 is 46.0 Å². The number of carbonyl (C=O) groups excluding carboxylic acids is 2. The summed E-state index contributed by atoms with van der Waals surface area (Å²) in [6.07, 6.45) is 2.97. The zero-order valence-electron chi connectivity index (χ0n) is 17.7. The molecule has 1 aromatic rings. The van der Waals surface area contributed by atoms with Crippen molar-refractivity contribution < 1.29 is 14.3 Å². The molecule has 0 radical (unpaired) electrons. The number of para-hydroxylation sites is 2. The molecule has 3 aliphatic rings. The predicted octanol–water partition coefficient (Wildman–Crippen LogP) is 2.86. The van der Waals surface area contributed by atoms with E-state index in [-0.39, 0.29) is 41.2 Å². The first-order chi connectivity index (χ1) is 15.0. The maximum atomic E-state index is 13.1. The lowest BCUT2D eigenvalue weighted by atomic mass is 9.81. The topological polar surface area (TPSA) is 86.3 Å². The molecule has 168 valence electrons. The number of benzene rings is 1. The number of hydrazone groups is 1. The van der Waals surface area contributed by atoms with Crippen LogP contribution in [0.1, 0.15) is 32.6 Å². The summed E-state index contributed by atoms with van der Waals surface area (Å²) < 4.78 is 5.30. The van der Waals surface area contributed by atoms with Gasteiger partial charge in [-0.3, -0.25) is 15.0 Å². The Labute approximate surface area is 191 Å². The van der Waals surface area contributed by atoms with Gasteiger partial charge in [0.2, 0.25) is 11.8 Å². The Morgan fingerprint density at radius 1 is 1.39 bits per heavy atom. The van der Waals surface area contributed by atoms with Gasteiger partial charge in [-0.15, -0.1) is 11.6 Å². The number of hydrogen-bond acceptors (Lipinski definition) is 7. The highest BCUT2D eigenvalue weighted by Gasteiger charge is 2.51. The molecule has 2 aliphatic heterocycles. The quantitative estimate of drug-likeness (QED) is 0.628. The molecule has 1 aromatic carbocycles. The van der Waals surface area contributed by atoms with Crippen LogP contribution in [0, 0.1) is 5.92 Å². The zero-order valence-corrected chi connectivity index (χ0v) is 19.3. The van der Waals surface area contributed by atoms with Gasteiger partial charge in [-0.05, 0) is 37.8 Å².